The number of rotatable bonds is 1. The second-order valence-corrected chi connectivity index (χ2v) is 5.15. The molecule has 0 atom stereocenters. The number of hydrogen-bond acceptors (Lipinski definition) is 3. The molecule has 2 aliphatic rings. The van der Waals surface area contributed by atoms with Gasteiger partial charge in [0.25, 0.3) is 11.7 Å². The van der Waals surface area contributed by atoms with Gasteiger partial charge in [-0.2, -0.15) is 0 Å². The molecule has 0 saturated heterocycles. The lowest BCUT2D eigenvalue weighted by Crippen LogP contribution is -2.52. The third-order valence-electron chi connectivity index (χ3n) is 3.97. The molecule has 1 aliphatic carbocycles. The summed E-state index contributed by atoms with van der Waals surface area (Å²) < 4.78 is 0. The minimum absolute atomic E-state index is 0.106. The molecule has 1 aromatic rings. The van der Waals surface area contributed by atoms with E-state index in [1.165, 1.54) is 4.90 Å². The van der Waals surface area contributed by atoms with Gasteiger partial charge in [0.15, 0.2) is 0 Å². The Hall–Kier alpha value is -1.97. The summed E-state index contributed by atoms with van der Waals surface area (Å²) in [5.41, 5.74) is 0.599. The molecule has 1 aliphatic heterocycles. The van der Waals surface area contributed by atoms with Crippen molar-refractivity contribution in [3.05, 3.63) is 35.4 Å². The van der Waals surface area contributed by atoms with E-state index in [9.17, 15) is 14.4 Å². The quantitative estimate of drug-likeness (QED) is 0.572. The van der Waals surface area contributed by atoms with Crippen LogP contribution in [0.1, 0.15) is 52.8 Å². The van der Waals surface area contributed by atoms with Crippen LogP contribution < -0.4 is 0 Å². The van der Waals surface area contributed by atoms with Gasteiger partial charge < -0.3 is 0 Å². The van der Waals surface area contributed by atoms with Crippen LogP contribution in [-0.2, 0) is 4.79 Å². The van der Waals surface area contributed by atoms with Crippen molar-refractivity contribution in [3.8, 4) is 0 Å². The van der Waals surface area contributed by atoms with E-state index in [2.05, 4.69) is 0 Å². The van der Waals surface area contributed by atoms with Crippen LogP contribution in [0.4, 0.5) is 0 Å². The predicted molar refractivity (Wildman–Crippen MR) is 68.8 cm³/mol. The van der Waals surface area contributed by atoms with E-state index in [1.54, 1.807) is 24.3 Å². The number of carbonyl (C=O) groups is 3. The number of fused-ring (bicyclic) bond motifs is 1. The lowest BCUT2D eigenvalue weighted by atomic mass is 9.90. The highest BCUT2D eigenvalue weighted by Gasteiger charge is 2.41. The molecule has 0 radical (unpaired) electrons. The van der Waals surface area contributed by atoms with E-state index in [-0.39, 0.29) is 17.5 Å². The average Bonchev–Trinajstić information content (AvgIpc) is 2.46. The normalized spacial score (nSPS) is 20.6. The van der Waals surface area contributed by atoms with Gasteiger partial charge in [-0.15, -0.1) is 0 Å². The molecule has 2 amide bonds. The number of imide groups is 1. The minimum atomic E-state index is -0.657. The Labute approximate surface area is 111 Å². The number of benzene rings is 1. The predicted octanol–water partition coefficient (Wildman–Crippen LogP) is 2.18. The zero-order valence-electron chi connectivity index (χ0n) is 10.6. The molecule has 1 saturated carbocycles. The molecule has 3 rings (SSSR count). The van der Waals surface area contributed by atoms with Gasteiger partial charge in [0.2, 0.25) is 0 Å². The Morgan fingerprint density at radius 3 is 2.16 bits per heavy atom. The molecule has 0 bridgehead atoms. The summed E-state index contributed by atoms with van der Waals surface area (Å²) in [6.45, 7) is 0. The molecule has 1 heterocycles. The largest absolute Gasteiger partial charge is 0.302 e. The fraction of sp³-hybridized carbons (Fsp3) is 0.400. The van der Waals surface area contributed by atoms with Crippen LogP contribution in [0.25, 0.3) is 0 Å². The first-order valence-electron chi connectivity index (χ1n) is 6.71. The van der Waals surface area contributed by atoms with Crippen molar-refractivity contribution < 1.29 is 14.4 Å². The lowest BCUT2D eigenvalue weighted by molar-refractivity contribution is -0.126. The summed E-state index contributed by atoms with van der Waals surface area (Å²) in [4.78, 5) is 37.8. The number of Topliss-reactive ketones (excluding diaryl/α,β-unsaturated/α-hetero) is 1. The lowest BCUT2D eigenvalue weighted by Gasteiger charge is -2.34. The maximum atomic E-state index is 12.4. The van der Waals surface area contributed by atoms with Gasteiger partial charge >= 0.3 is 5.91 Å². The molecule has 98 valence electrons. The summed E-state index contributed by atoms with van der Waals surface area (Å²) in [6.07, 6.45) is 4.78. The molecule has 0 spiro atoms. The van der Waals surface area contributed by atoms with Crippen LogP contribution in [0.5, 0.6) is 0 Å². The second-order valence-electron chi connectivity index (χ2n) is 5.15. The molecule has 19 heavy (non-hydrogen) atoms. The van der Waals surface area contributed by atoms with E-state index in [4.69, 9.17) is 0 Å². The van der Waals surface area contributed by atoms with Crippen molar-refractivity contribution in [1.82, 2.24) is 4.90 Å². The van der Waals surface area contributed by atoms with E-state index in [0.29, 0.717) is 5.56 Å². The van der Waals surface area contributed by atoms with Crippen molar-refractivity contribution >= 4 is 17.6 Å². The maximum absolute atomic E-state index is 12.4. The summed E-state index contributed by atoms with van der Waals surface area (Å²) >= 11 is 0. The second kappa shape index (κ2) is 4.61. The molecule has 4 heteroatoms. The highest BCUT2D eigenvalue weighted by Crippen LogP contribution is 2.28. The fourth-order valence-corrected chi connectivity index (χ4v) is 2.99. The van der Waals surface area contributed by atoms with Gasteiger partial charge in [-0.05, 0) is 18.9 Å². The Balaban J connectivity index is 2.01. The van der Waals surface area contributed by atoms with E-state index >= 15 is 0 Å². The van der Waals surface area contributed by atoms with Crippen LogP contribution >= 0.6 is 0 Å². The van der Waals surface area contributed by atoms with E-state index < -0.39 is 11.7 Å². The van der Waals surface area contributed by atoms with Crippen molar-refractivity contribution in [3.63, 3.8) is 0 Å². The van der Waals surface area contributed by atoms with Crippen molar-refractivity contribution in [2.75, 3.05) is 0 Å². The molecule has 0 N–H and O–H groups in total. The Bertz CT molecular complexity index is 558. The van der Waals surface area contributed by atoms with Gasteiger partial charge in [0.05, 0.1) is 5.56 Å². The summed E-state index contributed by atoms with van der Waals surface area (Å²) in [5.74, 6) is -1.52. The third-order valence-corrected chi connectivity index (χ3v) is 3.97. The number of hydrogen-bond donors (Lipinski definition) is 0. The van der Waals surface area contributed by atoms with Crippen molar-refractivity contribution in [2.24, 2.45) is 0 Å². The van der Waals surface area contributed by atoms with Gasteiger partial charge in [0, 0.05) is 11.6 Å². The van der Waals surface area contributed by atoms with Crippen LogP contribution in [0.15, 0.2) is 24.3 Å². The molecule has 1 aromatic carbocycles. The van der Waals surface area contributed by atoms with Gasteiger partial charge in [-0.3, -0.25) is 19.3 Å². The van der Waals surface area contributed by atoms with Crippen LogP contribution in [0.2, 0.25) is 0 Å². The van der Waals surface area contributed by atoms with Gasteiger partial charge in [0.1, 0.15) is 0 Å². The highest BCUT2D eigenvalue weighted by molar-refractivity contribution is 6.49. The average molecular weight is 257 g/mol. The van der Waals surface area contributed by atoms with E-state index in [0.717, 1.165) is 32.1 Å². The monoisotopic (exact) mass is 257 g/mol. The zero-order valence-corrected chi connectivity index (χ0v) is 10.6. The highest BCUT2D eigenvalue weighted by atomic mass is 16.2. The molecule has 4 nitrogen and oxygen atoms in total. The van der Waals surface area contributed by atoms with Gasteiger partial charge in [-0.1, -0.05) is 37.5 Å². The smallest absolute Gasteiger partial charge is 0.283 e. The standard InChI is InChI=1S/C15H15NO3/c17-13-11-8-4-5-9-12(11)14(18)16(15(13)19)10-6-2-1-3-7-10/h4-5,8-10H,1-3,6-7H2. The minimum Gasteiger partial charge on any atom is -0.283 e. The summed E-state index contributed by atoms with van der Waals surface area (Å²) in [7, 11) is 0. The molecule has 1 fully saturated rings. The van der Waals surface area contributed by atoms with Gasteiger partial charge in [-0.25, -0.2) is 0 Å². The molecule has 0 aromatic heterocycles. The van der Waals surface area contributed by atoms with E-state index in [1.807, 2.05) is 0 Å². The molecular formula is C15H15NO3. The Morgan fingerprint density at radius 2 is 1.47 bits per heavy atom. The number of nitrogens with zero attached hydrogens (tertiary/aromatic N) is 1. The van der Waals surface area contributed by atoms with Crippen molar-refractivity contribution in [1.29, 1.82) is 0 Å². The topological polar surface area (TPSA) is 54.5 Å². The van der Waals surface area contributed by atoms with Crippen molar-refractivity contribution in [2.45, 2.75) is 38.1 Å². The SMILES string of the molecule is O=C1C(=O)N(C2CCCCC2)C(=O)c2ccccc21. The number of carbonyl (C=O) groups excluding carboxylic acids is 3. The Kier molecular flexibility index (Phi) is 2.93. The van der Waals surface area contributed by atoms with Crippen LogP contribution in [0.3, 0.4) is 0 Å². The number of amides is 2. The number of ketones is 1. The first kappa shape index (κ1) is 12.1. The zero-order chi connectivity index (χ0) is 13.4. The molecule has 0 unspecified atom stereocenters. The first-order chi connectivity index (χ1) is 9.20. The fourth-order valence-electron chi connectivity index (χ4n) is 2.99. The Morgan fingerprint density at radius 1 is 0.842 bits per heavy atom. The van der Waals surface area contributed by atoms with Crippen LogP contribution in [0, 0.1) is 0 Å². The maximum Gasteiger partial charge on any atom is 0.302 e. The summed E-state index contributed by atoms with van der Waals surface area (Å²) in [6, 6.07) is 6.46. The third kappa shape index (κ3) is 1.87. The molecular weight excluding hydrogens is 242 g/mol. The first-order valence-corrected chi connectivity index (χ1v) is 6.71. The summed E-state index contributed by atoms with van der Waals surface area (Å²) in [5, 5.41) is 0. The van der Waals surface area contributed by atoms with Crippen LogP contribution in [-0.4, -0.2) is 28.5 Å².